The predicted molar refractivity (Wildman–Crippen MR) is 114 cm³/mol. The molecule has 2 aromatic carbocycles. The number of aromatic nitrogens is 3. The summed E-state index contributed by atoms with van der Waals surface area (Å²) in [5, 5.41) is 2.65. The highest BCUT2D eigenvalue weighted by Crippen LogP contribution is 2.20. The smallest absolute Gasteiger partial charge is 0.278 e. The van der Waals surface area contributed by atoms with Gasteiger partial charge in [0.05, 0.1) is 0 Å². The molecular weight excluding hydrogens is 383 g/mol. The van der Waals surface area contributed by atoms with Gasteiger partial charge < -0.3 is 5.32 Å². The molecule has 0 saturated carbocycles. The summed E-state index contributed by atoms with van der Waals surface area (Å²) in [5.74, 6) is -0.802. The third kappa shape index (κ3) is 3.69. The van der Waals surface area contributed by atoms with E-state index in [2.05, 4.69) is 15.3 Å². The van der Waals surface area contributed by atoms with Gasteiger partial charge >= 0.3 is 0 Å². The maximum atomic E-state index is 13.3. The second-order valence-corrected chi connectivity index (χ2v) is 7.12. The number of carbonyl (C=O) groups is 1. The second kappa shape index (κ2) is 7.87. The van der Waals surface area contributed by atoms with Crippen molar-refractivity contribution >= 4 is 22.8 Å². The fourth-order valence-corrected chi connectivity index (χ4v) is 3.26. The number of pyridine rings is 1. The van der Waals surface area contributed by atoms with Crippen LogP contribution in [0.25, 0.3) is 22.4 Å². The fourth-order valence-electron chi connectivity index (χ4n) is 3.26. The molecule has 1 amide bonds. The monoisotopic (exact) mass is 402 g/mol. The Morgan fingerprint density at radius 1 is 1.07 bits per heavy atom. The SMILES string of the molecule is CC(C)n1c(=O)c(-c2ccc(C(=O)Nc3cccc(F)c3)cc2)nc2cccnc21. The minimum atomic E-state index is -0.429. The third-order valence-electron chi connectivity index (χ3n) is 4.67. The summed E-state index contributed by atoms with van der Waals surface area (Å²) in [6.45, 7) is 3.83. The number of anilines is 1. The van der Waals surface area contributed by atoms with Gasteiger partial charge in [-0.2, -0.15) is 0 Å². The highest BCUT2D eigenvalue weighted by atomic mass is 19.1. The van der Waals surface area contributed by atoms with Gasteiger partial charge in [-0.25, -0.2) is 14.4 Å². The number of rotatable bonds is 4. The van der Waals surface area contributed by atoms with Crippen LogP contribution >= 0.6 is 0 Å². The van der Waals surface area contributed by atoms with Gasteiger partial charge in [0.25, 0.3) is 11.5 Å². The van der Waals surface area contributed by atoms with Crippen LogP contribution in [0.4, 0.5) is 10.1 Å². The minimum Gasteiger partial charge on any atom is -0.322 e. The van der Waals surface area contributed by atoms with E-state index in [4.69, 9.17) is 0 Å². The lowest BCUT2D eigenvalue weighted by Crippen LogP contribution is -2.25. The zero-order valence-corrected chi connectivity index (χ0v) is 16.5. The number of fused-ring (bicyclic) bond motifs is 1. The van der Waals surface area contributed by atoms with Crippen molar-refractivity contribution in [2.24, 2.45) is 0 Å². The molecule has 4 aromatic rings. The van der Waals surface area contributed by atoms with Gasteiger partial charge in [0.2, 0.25) is 0 Å². The Hall–Kier alpha value is -3.87. The molecule has 0 aliphatic carbocycles. The Balaban J connectivity index is 1.69. The molecule has 0 aliphatic rings. The third-order valence-corrected chi connectivity index (χ3v) is 4.67. The first-order valence-corrected chi connectivity index (χ1v) is 9.48. The van der Waals surface area contributed by atoms with Crippen molar-refractivity contribution < 1.29 is 9.18 Å². The molecule has 0 radical (unpaired) electrons. The topological polar surface area (TPSA) is 76.9 Å². The highest BCUT2D eigenvalue weighted by Gasteiger charge is 2.16. The van der Waals surface area contributed by atoms with Crippen LogP contribution in [0.15, 0.2) is 71.7 Å². The van der Waals surface area contributed by atoms with E-state index >= 15 is 0 Å². The standard InChI is InChI=1S/C23H19FN4O2/c1-14(2)28-21-19(7-4-12-25-21)27-20(23(28)30)15-8-10-16(11-9-15)22(29)26-18-6-3-5-17(24)13-18/h3-14H,1-2H3,(H,26,29). The van der Waals surface area contributed by atoms with Gasteiger partial charge in [-0.3, -0.25) is 14.2 Å². The number of nitrogens with one attached hydrogen (secondary N) is 1. The highest BCUT2D eigenvalue weighted by molar-refractivity contribution is 6.04. The van der Waals surface area contributed by atoms with Crippen LogP contribution in [-0.2, 0) is 0 Å². The Morgan fingerprint density at radius 3 is 2.53 bits per heavy atom. The van der Waals surface area contributed by atoms with Crippen LogP contribution in [-0.4, -0.2) is 20.4 Å². The van der Waals surface area contributed by atoms with Crippen molar-refractivity contribution in [3.8, 4) is 11.3 Å². The van der Waals surface area contributed by atoms with Gasteiger partial charge in [-0.1, -0.05) is 18.2 Å². The number of benzene rings is 2. The van der Waals surface area contributed by atoms with Crippen LogP contribution in [0.1, 0.15) is 30.2 Å². The lowest BCUT2D eigenvalue weighted by Gasteiger charge is -2.14. The minimum absolute atomic E-state index is 0.0898. The number of nitrogens with zero attached hydrogens (tertiary/aromatic N) is 3. The van der Waals surface area contributed by atoms with E-state index in [0.29, 0.717) is 33.7 Å². The van der Waals surface area contributed by atoms with Gasteiger partial charge in [0.1, 0.15) is 17.0 Å². The molecule has 0 fully saturated rings. The Bertz CT molecular complexity index is 1300. The van der Waals surface area contributed by atoms with Crippen LogP contribution in [0.3, 0.4) is 0 Å². The summed E-state index contributed by atoms with van der Waals surface area (Å²) in [4.78, 5) is 34.3. The number of carbonyl (C=O) groups excluding carboxylic acids is 1. The molecule has 0 atom stereocenters. The number of halogens is 1. The second-order valence-electron chi connectivity index (χ2n) is 7.12. The molecule has 0 unspecified atom stereocenters. The van der Waals surface area contributed by atoms with Gasteiger partial charge in [0, 0.05) is 29.1 Å². The summed E-state index contributed by atoms with van der Waals surface area (Å²) >= 11 is 0. The first kappa shape index (κ1) is 19.4. The summed E-state index contributed by atoms with van der Waals surface area (Å²) in [6, 6.07) is 15.7. The van der Waals surface area contributed by atoms with Crippen molar-refractivity contribution in [1.29, 1.82) is 0 Å². The van der Waals surface area contributed by atoms with E-state index in [-0.39, 0.29) is 17.5 Å². The molecule has 2 heterocycles. The van der Waals surface area contributed by atoms with E-state index in [9.17, 15) is 14.0 Å². The average Bonchev–Trinajstić information content (AvgIpc) is 2.73. The first-order valence-electron chi connectivity index (χ1n) is 9.48. The zero-order chi connectivity index (χ0) is 21.3. The Labute approximate surface area is 172 Å². The maximum Gasteiger partial charge on any atom is 0.278 e. The fraction of sp³-hybridized carbons (Fsp3) is 0.130. The van der Waals surface area contributed by atoms with E-state index in [1.54, 1.807) is 47.2 Å². The van der Waals surface area contributed by atoms with Crippen LogP contribution < -0.4 is 10.9 Å². The molecule has 2 aromatic heterocycles. The van der Waals surface area contributed by atoms with Crippen molar-refractivity contribution in [3.63, 3.8) is 0 Å². The zero-order valence-electron chi connectivity index (χ0n) is 16.5. The molecule has 7 heteroatoms. The molecular formula is C23H19FN4O2. The molecule has 150 valence electrons. The summed E-state index contributed by atoms with van der Waals surface area (Å²) in [6.07, 6.45) is 1.63. The summed E-state index contributed by atoms with van der Waals surface area (Å²) < 4.78 is 14.9. The predicted octanol–water partition coefficient (Wildman–Crippen LogP) is 4.43. The van der Waals surface area contributed by atoms with Crippen molar-refractivity contribution in [1.82, 2.24) is 14.5 Å². The van der Waals surface area contributed by atoms with Crippen molar-refractivity contribution in [3.05, 3.63) is 88.6 Å². The average molecular weight is 402 g/mol. The first-order chi connectivity index (χ1) is 14.4. The molecule has 0 bridgehead atoms. The molecule has 0 aliphatic heterocycles. The molecule has 30 heavy (non-hydrogen) atoms. The number of hydrogen-bond acceptors (Lipinski definition) is 4. The van der Waals surface area contributed by atoms with Gasteiger partial charge in [-0.15, -0.1) is 0 Å². The quantitative estimate of drug-likeness (QED) is 0.548. The molecule has 0 spiro atoms. The lowest BCUT2D eigenvalue weighted by molar-refractivity contribution is 0.102. The van der Waals surface area contributed by atoms with Crippen LogP contribution in [0, 0.1) is 5.82 Å². The van der Waals surface area contributed by atoms with E-state index in [0.717, 1.165) is 0 Å². The van der Waals surface area contributed by atoms with E-state index in [1.807, 2.05) is 19.9 Å². The van der Waals surface area contributed by atoms with Gasteiger partial charge in [0.15, 0.2) is 5.65 Å². The number of hydrogen-bond donors (Lipinski definition) is 1. The van der Waals surface area contributed by atoms with Crippen LogP contribution in [0.2, 0.25) is 0 Å². The van der Waals surface area contributed by atoms with Crippen molar-refractivity contribution in [2.45, 2.75) is 19.9 Å². The van der Waals surface area contributed by atoms with Crippen LogP contribution in [0.5, 0.6) is 0 Å². The molecule has 6 nitrogen and oxygen atoms in total. The molecule has 0 saturated heterocycles. The Kier molecular flexibility index (Phi) is 5.10. The maximum absolute atomic E-state index is 13.3. The van der Waals surface area contributed by atoms with Crippen molar-refractivity contribution in [2.75, 3.05) is 5.32 Å². The van der Waals surface area contributed by atoms with E-state index < -0.39 is 5.82 Å². The van der Waals surface area contributed by atoms with E-state index in [1.165, 1.54) is 18.2 Å². The molecule has 4 rings (SSSR count). The summed E-state index contributed by atoms with van der Waals surface area (Å²) in [7, 11) is 0. The lowest BCUT2D eigenvalue weighted by atomic mass is 10.1. The normalized spacial score (nSPS) is 11.1. The summed E-state index contributed by atoms with van der Waals surface area (Å²) in [5.41, 5.74) is 2.56. The Morgan fingerprint density at radius 2 is 1.83 bits per heavy atom. The molecule has 1 N–H and O–H groups in total. The van der Waals surface area contributed by atoms with Gasteiger partial charge in [-0.05, 0) is 56.3 Å². The number of amides is 1. The largest absolute Gasteiger partial charge is 0.322 e.